The molecule has 0 aliphatic heterocycles. The van der Waals surface area contributed by atoms with Crippen LogP contribution in [0.1, 0.15) is 12.8 Å². The van der Waals surface area contributed by atoms with Gasteiger partial charge in [0.25, 0.3) is 0 Å². The van der Waals surface area contributed by atoms with E-state index in [0.717, 1.165) is 4.90 Å². The Kier molecular flexibility index (Phi) is 6.55. The SMILES string of the molecule is C#CCC(NC(=O)CCSc1ccccc1)C(=O)O. The van der Waals surface area contributed by atoms with Crippen LogP contribution in [0.5, 0.6) is 0 Å². The fraction of sp³-hybridized carbons (Fsp3) is 0.286. The molecule has 0 aliphatic carbocycles. The minimum Gasteiger partial charge on any atom is -0.480 e. The number of aliphatic carboxylic acids is 1. The maximum absolute atomic E-state index is 11.6. The second-order valence-corrected chi connectivity index (χ2v) is 4.95. The summed E-state index contributed by atoms with van der Waals surface area (Å²) in [5, 5.41) is 11.3. The van der Waals surface area contributed by atoms with Gasteiger partial charge in [0.15, 0.2) is 0 Å². The van der Waals surface area contributed by atoms with E-state index in [9.17, 15) is 9.59 Å². The molecule has 1 aromatic carbocycles. The van der Waals surface area contributed by atoms with Crippen molar-refractivity contribution in [1.29, 1.82) is 0 Å². The Morgan fingerprint density at radius 1 is 1.37 bits per heavy atom. The minimum absolute atomic E-state index is 0.00704. The first-order valence-electron chi connectivity index (χ1n) is 5.77. The maximum atomic E-state index is 11.6. The van der Waals surface area contributed by atoms with Gasteiger partial charge in [-0.2, -0.15) is 0 Å². The summed E-state index contributed by atoms with van der Waals surface area (Å²) in [6, 6.07) is 8.70. The van der Waals surface area contributed by atoms with Crippen molar-refractivity contribution in [2.75, 3.05) is 5.75 Å². The predicted octanol–water partition coefficient (Wildman–Crippen LogP) is 1.76. The van der Waals surface area contributed by atoms with E-state index in [1.807, 2.05) is 30.3 Å². The number of hydrogen-bond acceptors (Lipinski definition) is 3. The smallest absolute Gasteiger partial charge is 0.327 e. The fourth-order valence-electron chi connectivity index (χ4n) is 1.36. The first kappa shape index (κ1) is 15.1. The molecule has 0 aliphatic rings. The molecule has 0 fully saturated rings. The van der Waals surface area contributed by atoms with E-state index in [4.69, 9.17) is 11.5 Å². The topological polar surface area (TPSA) is 66.4 Å². The zero-order valence-corrected chi connectivity index (χ0v) is 11.2. The molecule has 1 aromatic rings. The van der Waals surface area contributed by atoms with Crippen LogP contribution in [0.2, 0.25) is 0 Å². The molecule has 0 saturated carbocycles. The van der Waals surface area contributed by atoms with Gasteiger partial charge in [0.2, 0.25) is 5.91 Å². The Bertz CT molecular complexity index is 467. The van der Waals surface area contributed by atoms with Crippen molar-refractivity contribution in [1.82, 2.24) is 5.32 Å². The monoisotopic (exact) mass is 277 g/mol. The number of rotatable bonds is 7. The van der Waals surface area contributed by atoms with Gasteiger partial charge in [-0.25, -0.2) is 4.79 Å². The highest BCUT2D eigenvalue weighted by molar-refractivity contribution is 7.99. The molecular formula is C14H15NO3S. The van der Waals surface area contributed by atoms with Crippen molar-refractivity contribution >= 4 is 23.6 Å². The van der Waals surface area contributed by atoms with Crippen molar-refractivity contribution in [2.45, 2.75) is 23.8 Å². The molecule has 1 rings (SSSR count). The Morgan fingerprint density at radius 2 is 2.05 bits per heavy atom. The summed E-state index contributed by atoms with van der Waals surface area (Å²) in [4.78, 5) is 23.4. The Hall–Kier alpha value is -1.93. The summed E-state index contributed by atoms with van der Waals surface area (Å²) in [7, 11) is 0. The first-order chi connectivity index (χ1) is 9.13. The van der Waals surface area contributed by atoms with Gasteiger partial charge in [-0.15, -0.1) is 24.1 Å². The van der Waals surface area contributed by atoms with E-state index >= 15 is 0 Å². The number of hydrogen-bond donors (Lipinski definition) is 2. The van der Waals surface area contributed by atoms with Gasteiger partial charge in [-0.1, -0.05) is 18.2 Å². The molecule has 0 bridgehead atoms. The zero-order valence-electron chi connectivity index (χ0n) is 10.3. The molecule has 1 atom stereocenters. The summed E-state index contributed by atoms with van der Waals surface area (Å²) < 4.78 is 0. The number of nitrogens with one attached hydrogen (secondary N) is 1. The van der Waals surface area contributed by atoms with Crippen LogP contribution in [-0.4, -0.2) is 28.8 Å². The lowest BCUT2D eigenvalue weighted by atomic mass is 10.2. The number of benzene rings is 1. The van der Waals surface area contributed by atoms with E-state index in [0.29, 0.717) is 5.75 Å². The number of carboxylic acids is 1. The molecule has 5 heteroatoms. The van der Waals surface area contributed by atoms with E-state index in [-0.39, 0.29) is 18.7 Å². The van der Waals surface area contributed by atoms with E-state index in [1.165, 1.54) is 0 Å². The number of carbonyl (C=O) groups is 2. The summed E-state index contributed by atoms with van der Waals surface area (Å²) in [5.41, 5.74) is 0. The normalized spacial score (nSPS) is 11.3. The lowest BCUT2D eigenvalue weighted by Crippen LogP contribution is -2.40. The van der Waals surface area contributed by atoms with Crippen LogP contribution in [0.25, 0.3) is 0 Å². The van der Waals surface area contributed by atoms with Gasteiger partial charge >= 0.3 is 5.97 Å². The van der Waals surface area contributed by atoms with Crippen molar-refractivity contribution in [3.63, 3.8) is 0 Å². The molecule has 0 spiro atoms. The van der Waals surface area contributed by atoms with Crippen molar-refractivity contribution < 1.29 is 14.7 Å². The summed E-state index contributed by atoms with van der Waals surface area (Å²) in [6.07, 6.45) is 5.30. The third-order valence-electron chi connectivity index (χ3n) is 2.30. The molecule has 4 nitrogen and oxygen atoms in total. The van der Waals surface area contributed by atoms with Crippen LogP contribution in [0.4, 0.5) is 0 Å². The van der Waals surface area contributed by atoms with Crippen molar-refractivity contribution in [2.24, 2.45) is 0 Å². The second kappa shape index (κ2) is 8.22. The lowest BCUT2D eigenvalue weighted by molar-refractivity contribution is -0.141. The standard InChI is InChI=1S/C14H15NO3S/c1-2-6-12(14(17)18)15-13(16)9-10-19-11-7-4-3-5-8-11/h1,3-5,7-8,12H,6,9-10H2,(H,15,16)(H,17,18). The van der Waals surface area contributed by atoms with Gasteiger partial charge in [0, 0.05) is 23.5 Å². The Morgan fingerprint density at radius 3 is 2.63 bits per heavy atom. The van der Waals surface area contributed by atoms with Crippen LogP contribution in [0.3, 0.4) is 0 Å². The van der Waals surface area contributed by atoms with Gasteiger partial charge in [-0.3, -0.25) is 4.79 Å². The number of amides is 1. The Balaban J connectivity index is 2.31. The summed E-state index contributed by atoms with van der Waals surface area (Å²) >= 11 is 1.55. The van der Waals surface area contributed by atoms with Crippen LogP contribution >= 0.6 is 11.8 Å². The number of thioether (sulfide) groups is 1. The first-order valence-corrected chi connectivity index (χ1v) is 6.75. The maximum Gasteiger partial charge on any atom is 0.327 e. The van der Waals surface area contributed by atoms with E-state index in [1.54, 1.807) is 11.8 Å². The molecular weight excluding hydrogens is 262 g/mol. The molecule has 1 amide bonds. The van der Waals surface area contributed by atoms with Crippen LogP contribution in [0.15, 0.2) is 35.2 Å². The average Bonchev–Trinajstić information content (AvgIpc) is 2.39. The molecule has 100 valence electrons. The van der Waals surface area contributed by atoms with Gasteiger partial charge in [0.1, 0.15) is 6.04 Å². The van der Waals surface area contributed by atoms with Gasteiger partial charge in [-0.05, 0) is 12.1 Å². The fourth-order valence-corrected chi connectivity index (χ4v) is 2.24. The number of carbonyl (C=O) groups excluding carboxylic acids is 1. The third-order valence-corrected chi connectivity index (χ3v) is 3.31. The van der Waals surface area contributed by atoms with Gasteiger partial charge in [0.05, 0.1) is 0 Å². The van der Waals surface area contributed by atoms with Crippen molar-refractivity contribution in [3.05, 3.63) is 30.3 Å². The molecule has 1 unspecified atom stereocenters. The van der Waals surface area contributed by atoms with Gasteiger partial charge < -0.3 is 10.4 Å². The number of carboxylic acid groups (broad SMARTS) is 1. The molecule has 19 heavy (non-hydrogen) atoms. The predicted molar refractivity (Wildman–Crippen MR) is 74.8 cm³/mol. The average molecular weight is 277 g/mol. The molecule has 0 saturated heterocycles. The highest BCUT2D eigenvalue weighted by Crippen LogP contribution is 2.17. The highest BCUT2D eigenvalue weighted by atomic mass is 32.2. The molecule has 0 radical (unpaired) electrons. The zero-order chi connectivity index (χ0) is 14.1. The summed E-state index contributed by atoms with van der Waals surface area (Å²) in [6.45, 7) is 0. The van der Waals surface area contributed by atoms with Crippen molar-refractivity contribution in [3.8, 4) is 12.3 Å². The quantitative estimate of drug-likeness (QED) is 0.589. The van der Waals surface area contributed by atoms with Crippen LogP contribution in [-0.2, 0) is 9.59 Å². The third kappa shape index (κ3) is 5.98. The minimum atomic E-state index is -1.11. The second-order valence-electron chi connectivity index (χ2n) is 3.78. The molecule has 2 N–H and O–H groups in total. The lowest BCUT2D eigenvalue weighted by Gasteiger charge is -2.11. The van der Waals surface area contributed by atoms with Crippen LogP contribution in [0, 0.1) is 12.3 Å². The summed E-state index contributed by atoms with van der Waals surface area (Å²) in [5.74, 6) is 1.42. The van der Waals surface area contributed by atoms with E-state index in [2.05, 4.69) is 11.2 Å². The van der Waals surface area contributed by atoms with E-state index < -0.39 is 12.0 Å². The largest absolute Gasteiger partial charge is 0.480 e. The number of terminal acetylenes is 1. The Labute approximate surface area is 116 Å². The molecule has 0 heterocycles. The molecule has 0 aromatic heterocycles. The van der Waals surface area contributed by atoms with Crippen LogP contribution < -0.4 is 5.32 Å². The highest BCUT2D eigenvalue weighted by Gasteiger charge is 2.18.